The molecule has 0 aromatic heterocycles. The van der Waals surface area contributed by atoms with E-state index in [1.165, 1.54) is 38.5 Å². The quantitative estimate of drug-likeness (QED) is 0.0262. The van der Waals surface area contributed by atoms with Crippen LogP contribution in [0.5, 0.6) is 0 Å². The van der Waals surface area contributed by atoms with Crippen LogP contribution in [0.4, 0.5) is 0 Å². The van der Waals surface area contributed by atoms with E-state index in [2.05, 4.69) is 130 Å². The Bertz CT molecular complexity index is 1360. The number of esters is 3. The normalized spacial score (nSPS) is 13.0. The molecular formula is C59H96O6. The third kappa shape index (κ3) is 50.9. The van der Waals surface area contributed by atoms with Crippen LogP contribution in [0.1, 0.15) is 226 Å². The van der Waals surface area contributed by atoms with E-state index in [9.17, 15) is 14.4 Å². The van der Waals surface area contributed by atoms with Gasteiger partial charge in [0.05, 0.1) is 0 Å². The average molecular weight is 901 g/mol. The van der Waals surface area contributed by atoms with Gasteiger partial charge in [0.2, 0.25) is 0 Å². The molecule has 6 nitrogen and oxygen atoms in total. The molecule has 0 aliphatic carbocycles. The standard InChI is InChI=1S/C59H96O6/c1-4-7-10-13-16-19-22-25-27-28-29-30-32-34-37-40-43-46-49-52-58(61)64-55-56(54-63-57(60)51-48-45-42-39-36-33-24-21-18-15-12-9-6-3)65-59(62)53-50-47-44-41-38-35-31-26-23-20-17-14-11-8-5-2/h8-9,11-12,16-21,25-27,29-31,33,36,56H,4-7,10,13-15,22-24,28,32,34-35,37-55H2,1-3H3/b11-8-,12-9-,19-16-,20-17-,21-18-,27-25-,30-29-,31-26-,36-33-. The van der Waals surface area contributed by atoms with Crippen molar-refractivity contribution in [1.82, 2.24) is 0 Å². The van der Waals surface area contributed by atoms with Gasteiger partial charge in [-0.15, -0.1) is 0 Å². The van der Waals surface area contributed by atoms with Crippen LogP contribution in [0.25, 0.3) is 0 Å². The van der Waals surface area contributed by atoms with Crippen molar-refractivity contribution in [3.63, 3.8) is 0 Å². The van der Waals surface area contributed by atoms with Crippen LogP contribution in [0.3, 0.4) is 0 Å². The maximum atomic E-state index is 12.8. The second-order valence-electron chi connectivity index (χ2n) is 17.0. The van der Waals surface area contributed by atoms with Crippen molar-refractivity contribution in [3.05, 3.63) is 109 Å². The monoisotopic (exact) mass is 901 g/mol. The Labute approximate surface area is 400 Å². The molecule has 0 aliphatic rings. The zero-order valence-corrected chi connectivity index (χ0v) is 42.0. The Morgan fingerprint density at radius 2 is 0.600 bits per heavy atom. The molecule has 0 bridgehead atoms. The lowest BCUT2D eigenvalue weighted by Crippen LogP contribution is -2.30. The maximum Gasteiger partial charge on any atom is 0.306 e. The molecule has 1 unspecified atom stereocenters. The number of rotatable bonds is 46. The van der Waals surface area contributed by atoms with Gasteiger partial charge in [0, 0.05) is 19.3 Å². The zero-order valence-electron chi connectivity index (χ0n) is 42.0. The largest absolute Gasteiger partial charge is 0.462 e. The average Bonchev–Trinajstić information content (AvgIpc) is 3.30. The summed E-state index contributed by atoms with van der Waals surface area (Å²) in [5.41, 5.74) is 0. The van der Waals surface area contributed by atoms with Crippen LogP contribution < -0.4 is 0 Å². The van der Waals surface area contributed by atoms with Crippen LogP contribution in [0.2, 0.25) is 0 Å². The number of ether oxygens (including phenoxy) is 3. The smallest absolute Gasteiger partial charge is 0.306 e. The molecule has 368 valence electrons. The first-order valence-electron chi connectivity index (χ1n) is 26.4. The van der Waals surface area contributed by atoms with E-state index in [1.807, 2.05) is 0 Å². The van der Waals surface area contributed by atoms with Gasteiger partial charge in [0.1, 0.15) is 13.2 Å². The highest BCUT2D eigenvalue weighted by atomic mass is 16.6. The first-order valence-corrected chi connectivity index (χ1v) is 26.4. The van der Waals surface area contributed by atoms with Crippen molar-refractivity contribution < 1.29 is 28.6 Å². The van der Waals surface area contributed by atoms with Gasteiger partial charge in [0.25, 0.3) is 0 Å². The molecule has 0 amide bonds. The molecule has 0 aromatic carbocycles. The fourth-order valence-corrected chi connectivity index (χ4v) is 6.83. The Morgan fingerprint density at radius 1 is 0.323 bits per heavy atom. The molecule has 0 saturated carbocycles. The third-order valence-electron chi connectivity index (χ3n) is 10.7. The molecule has 0 aromatic rings. The van der Waals surface area contributed by atoms with E-state index < -0.39 is 6.10 Å². The summed E-state index contributed by atoms with van der Waals surface area (Å²) in [5, 5.41) is 0. The lowest BCUT2D eigenvalue weighted by Gasteiger charge is -2.18. The van der Waals surface area contributed by atoms with Crippen molar-refractivity contribution in [3.8, 4) is 0 Å². The number of hydrogen-bond donors (Lipinski definition) is 0. The van der Waals surface area contributed by atoms with Crippen molar-refractivity contribution in [1.29, 1.82) is 0 Å². The molecule has 0 radical (unpaired) electrons. The number of allylic oxidation sites excluding steroid dienone is 18. The first-order chi connectivity index (χ1) is 32.0. The van der Waals surface area contributed by atoms with Crippen LogP contribution >= 0.6 is 0 Å². The molecule has 1 atom stereocenters. The summed E-state index contributed by atoms with van der Waals surface area (Å²) in [6.45, 7) is 6.32. The van der Waals surface area contributed by atoms with E-state index in [-0.39, 0.29) is 31.1 Å². The second-order valence-corrected chi connectivity index (χ2v) is 17.0. The number of carbonyl (C=O) groups is 3. The predicted octanol–water partition coefficient (Wildman–Crippen LogP) is 17.5. The van der Waals surface area contributed by atoms with Crippen LogP contribution in [0.15, 0.2) is 109 Å². The molecule has 0 spiro atoms. The lowest BCUT2D eigenvalue weighted by molar-refractivity contribution is -0.167. The fraction of sp³-hybridized carbons (Fsp3) is 0.644. The molecule has 0 fully saturated rings. The van der Waals surface area contributed by atoms with Gasteiger partial charge in [0.15, 0.2) is 6.10 Å². The highest BCUT2D eigenvalue weighted by Crippen LogP contribution is 2.13. The Hall–Kier alpha value is -3.93. The molecule has 0 rings (SSSR count). The second kappa shape index (κ2) is 52.7. The van der Waals surface area contributed by atoms with Crippen molar-refractivity contribution in [2.45, 2.75) is 232 Å². The van der Waals surface area contributed by atoms with Crippen LogP contribution in [0, 0.1) is 0 Å². The van der Waals surface area contributed by atoms with Gasteiger partial charge in [-0.05, 0) is 122 Å². The van der Waals surface area contributed by atoms with E-state index >= 15 is 0 Å². The summed E-state index contributed by atoms with van der Waals surface area (Å²) < 4.78 is 16.8. The molecule has 0 saturated heterocycles. The van der Waals surface area contributed by atoms with Crippen LogP contribution in [-0.4, -0.2) is 37.2 Å². The van der Waals surface area contributed by atoms with E-state index in [1.54, 1.807) is 0 Å². The molecule has 6 heteroatoms. The molecule has 65 heavy (non-hydrogen) atoms. The van der Waals surface area contributed by atoms with Gasteiger partial charge in [-0.1, -0.05) is 194 Å². The van der Waals surface area contributed by atoms with Gasteiger partial charge in [-0.3, -0.25) is 14.4 Å². The highest BCUT2D eigenvalue weighted by molar-refractivity contribution is 5.71. The van der Waals surface area contributed by atoms with Crippen molar-refractivity contribution in [2.75, 3.05) is 13.2 Å². The van der Waals surface area contributed by atoms with E-state index in [0.29, 0.717) is 19.3 Å². The molecular weight excluding hydrogens is 805 g/mol. The van der Waals surface area contributed by atoms with Gasteiger partial charge >= 0.3 is 17.9 Å². The third-order valence-corrected chi connectivity index (χ3v) is 10.7. The zero-order chi connectivity index (χ0) is 47.2. The SMILES string of the molecule is CC/C=C\C/C=C\C/C=C\CCCCCCCC(=O)OC(COC(=O)CCCCC/C=C\C/C=C\C/C=C\CC)COC(=O)CCCCCCCC/C=C\C/C=C\C/C=C\CCCCC. The number of unbranched alkanes of at least 4 members (excludes halogenated alkanes) is 17. The van der Waals surface area contributed by atoms with Gasteiger partial charge < -0.3 is 14.2 Å². The summed E-state index contributed by atoms with van der Waals surface area (Å²) in [6, 6.07) is 0. The van der Waals surface area contributed by atoms with Gasteiger partial charge in [-0.2, -0.15) is 0 Å². The summed E-state index contributed by atoms with van der Waals surface area (Å²) in [7, 11) is 0. The molecule has 0 N–H and O–H groups in total. The predicted molar refractivity (Wildman–Crippen MR) is 279 cm³/mol. The minimum atomic E-state index is -0.806. The van der Waals surface area contributed by atoms with Crippen molar-refractivity contribution in [2.24, 2.45) is 0 Å². The van der Waals surface area contributed by atoms with Crippen molar-refractivity contribution >= 4 is 17.9 Å². The van der Waals surface area contributed by atoms with Gasteiger partial charge in [-0.25, -0.2) is 0 Å². The first kappa shape index (κ1) is 61.1. The Morgan fingerprint density at radius 3 is 0.954 bits per heavy atom. The number of carbonyl (C=O) groups excluding carboxylic acids is 3. The van der Waals surface area contributed by atoms with Crippen LogP contribution in [-0.2, 0) is 28.6 Å². The molecule has 0 heterocycles. The Kier molecular flexibility index (Phi) is 49.5. The van der Waals surface area contributed by atoms with E-state index in [4.69, 9.17) is 14.2 Å². The highest BCUT2D eigenvalue weighted by Gasteiger charge is 2.19. The minimum absolute atomic E-state index is 0.104. The summed E-state index contributed by atoms with van der Waals surface area (Å²) in [5.74, 6) is -0.967. The summed E-state index contributed by atoms with van der Waals surface area (Å²) >= 11 is 0. The van der Waals surface area contributed by atoms with E-state index in [0.717, 1.165) is 148 Å². The summed E-state index contributed by atoms with van der Waals surface area (Å²) in [4.78, 5) is 38.0. The summed E-state index contributed by atoms with van der Waals surface area (Å²) in [6.07, 6.45) is 70.7. The topological polar surface area (TPSA) is 78.9 Å². The lowest BCUT2D eigenvalue weighted by atomic mass is 10.1. The fourth-order valence-electron chi connectivity index (χ4n) is 6.83. The minimum Gasteiger partial charge on any atom is -0.462 e. The number of hydrogen-bond acceptors (Lipinski definition) is 6. The molecule has 0 aliphatic heterocycles. The Balaban J connectivity index is 4.47. The maximum absolute atomic E-state index is 12.8.